The molecule has 1 fully saturated rings. The fourth-order valence-corrected chi connectivity index (χ4v) is 2.55. The van der Waals surface area contributed by atoms with Gasteiger partial charge in [-0.1, -0.05) is 40.0 Å². The molecule has 2 unspecified atom stereocenters. The van der Waals surface area contributed by atoms with Gasteiger partial charge in [0, 0.05) is 6.04 Å². The van der Waals surface area contributed by atoms with E-state index in [4.69, 9.17) is 0 Å². The smallest absolute Gasteiger partial charge is 0.240 e. The summed E-state index contributed by atoms with van der Waals surface area (Å²) in [6, 6.07) is 2.60. The lowest BCUT2D eigenvalue weighted by molar-refractivity contribution is -0.129. The van der Waals surface area contributed by atoms with Gasteiger partial charge in [-0.15, -0.1) is 0 Å². The molecule has 1 rings (SSSR count). The van der Waals surface area contributed by atoms with Crippen LogP contribution >= 0.6 is 0 Å². The second-order valence-corrected chi connectivity index (χ2v) is 5.18. The van der Waals surface area contributed by atoms with E-state index in [-0.39, 0.29) is 5.91 Å². The normalized spacial score (nSPS) is 22.9. The Morgan fingerprint density at radius 1 is 1.35 bits per heavy atom. The minimum absolute atomic E-state index is 0.0374. The zero-order chi connectivity index (χ0) is 12.9. The monoisotopic (exact) mass is 236 g/mol. The molecule has 0 aromatic carbocycles. The van der Waals surface area contributed by atoms with Gasteiger partial charge in [0.25, 0.3) is 0 Å². The molecule has 17 heavy (non-hydrogen) atoms. The fourth-order valence-electron chi connectivity index (χ4n) is 2.55. The van der Waals surface area contributed by atoms with Crippen molar-refractivity contribution in [2.75, 3.05) is 0 Å². The fraction of sp³-hybridized carbons (Fsp3) is 0.857. The average molecular weight is 236 g/mol. The molecule has 0 spiro atoms. The number of rotatable bonds is 7. The maximum atomic E-state index is 12.3. The highest BCUT2D eigenvalue weighted by molar-refractivity contribution is 5.85. The lowest BCUT2D eigenvalue weighted by Crippen LogP contribution is -2.41. The summed E-state index contributed by atoms with van der Waals surface area (Å²) in [5.41, 5.74) is -0.787. The van der Waals surface area contributed by atoms with E-state index in [0.29, 0.717) is 24.8 Å². The van der Waals surface area contributed by atoms with Crippen LogP contribution < -0.4 is 5.32 Å². The first kappa shape index (κ1) is 14.0. The third kappa shape index (κ3) is 3.21. The topological polar surface area (TPSA) is 52.9 Å². The van der Waals surface area contributed by atoms with Gasteiger partial charge in [-0.25, -0.2) is 0 Å². The summed E-state index contributed by atoms with van der Waals surface area (Å²) in [6.07, 6.45) is 5.30. The van der Waals surface area contributed by atoms with Crippen molar-refractivity contribution < 1.29 is 4.79 Å². The zero-order valence-corrected chi connectivity index (χ0v) is 11.3. The molecule has 0 bridgehead atoms. The molecule has 1 amide bonds. The Balaban J connectivity index is 2.63. The summed E-state index contributed by atoms with van der Waals surface area (Å²) in [4.78, 5) is 12.3. The standard InChI is InChI=1S/C14H24N2O/c1-4-7-14(10-15,8-5-2)13(17)16-12-9-11(12)6-3/h11-12H,4-9H2,1-3H3,(H,16,17). The summed E-state index contributed by atoms with van der Waals surface area (Å²) < 4.78 is 0. The van der Waals surface area contributed by atoms with E-state index in [9.17, 15) is 10.1 Å². The molecule has 1 aliphatic carbocycles. The Kier molecular flexibility index (Phi) is 4.99. The molecule has 2 atom stereocenters. The number of amides is 1. The van der Waals surface area contributed by atoms with Crippen LogP contribution in [0.4, 0.5) is 0 Å². The van der Waals surface area contributed by atoms with Crippen molar-refractivity contribution >= 4 is 5.91 Å². The van der Waals surface area contributed by atoms with Gasteiger partial charge < -0.3 is 5.32 Å². The van der Waals surface area contributed by atoms with Crippen LogP contribution in [0.1, 0.15) is 59.3 Å². The van der Waals surface area contributed by atoms with Crippen molar-refractivity contribution in [1.29, 1.82) is 5.26 Å². The van der Waals surface area contributed by atoms with Crippen LogP contribution in [-0.2, 0) is 4.79 Å². The maximum absolute atomic E-state index is 12.3. The van der Waals surface area contributed by atoms with Crippen molar-refractivity contribution in [3.63, 3.8) is 0 Å². The number of nitrogens with zero attached hydrogens (tertiary/aromatic N) is 1. The van der Waals surface area contributed by atoms with Crippen molar-refractivity contribution in [2.45, 2.75) is 65.3 Å². The van der Waals surface area contributed by atoms with Crippen molar-refractivity contribution in [3.8, 4) is 6.07 Å². The summed E-state index contributed by atoms with van der Waals surface area (Å²) in [7, 11) is 0. The van der Waals surface area contributed by atoms with E-state index >= 15 is 0 Å². The van der Waals surface area contributed by atoms with E-state index in [2.05, 4.69) is 18.3 Å². The SMILES string of the molecule is CCCC(C#N)(CCC)C(=O)NC1CC1CC. The van der Waals surface area contributed by atoms with Crippen LogP contribution in [0.15, 0.2) is 0 Å². The highest BCUT2D eigenvalue weighted by Crippen LogP contribution is 2.36. The first-order valence-corrected chi connectivity index (χ1v) is 6.85. The summed E-state index contributed by atoms with van der Waals surface area (Å²) in [5, 5.41) is 12.4. The Hall–Kier alpha value is -1.04. The summed E-state index contributed by atoms with van der Waals surface area (Å²) >= 11 is 0. The molecule has 3 heteroatoms. The number of nitrogens with one attached hydrogen (secondary N) is 1. The van der Waals surface area contributed by atoms with Gasteiger partial charge in [-0.05, 0) is 25.2 Å². The molecule has 1 aliphatic rings. The lowest BCUT2D eigenvalue weighted by Gasteiger charge is -2.24. The molecule has 0 heterocycles. The minimum Gasteiger partial charge on any atom is -0.352 e. The van der Waals surface area contributed by atoms with E-state index in [0.717, 1.165) is 25.7 Å². The summed E-state index contributed by atoms with van der Waals surface area (Å²) in [5.74, 6) is 0.600. The predicted octanol–water partition coefficient (Wildman–Crippen LogP) is 3.01. The molecule has 0 aromatic heterocycles. The van der Waals surface area contributed by atoms with Crippen LogP contribution in [-0.4, -0.2) is 11.9 Å². The quantitative estimate of drug-likeness (QED) is 0.738. The molecule has 3 nitrogen and oxygen atoms in total. The molecular formula is C14H24N2O. The molecule has 1 N–H and O–H groups in total. The summed E-state index contributed by atoms with van der Waals surface area (Å²) in [6.45, 7) is 6.20. The number of hydrogen-bond acceptors (Lipinski definition) is 2. The largest absolute Gasteiger partial charge is 0.352 e. The van der Waals surface area contributed by atoms with Gasteiger partial charge in [0.1, 0.15) is 5.41 Å². The van der Waals surface area contributed by atoms with E-state index in [1.807, 2.05) is 13.8 Å². The Morgan fingerprint density at radius 3 is 2.29 bits per heavy atom. The van der Waals surface area contributed by atoms with E-state index < -0.39 is 5.41 Å². The van der Waals surface area contributed by atoms with Crippen molar-refractivity contribution in [2.24, 2.45) is 11.3 Å². The second-order valence-electron chi connectivity index (χ2n) is 5.18. The maximum Gasteiger partial charge on any atom is 0.240 e. The van der Waals surface area contributed by atoms with Crippen LogP contribution in [0.5, 0.6) is 0 Å². The van der Waals surface area contributed by atoms with Gasteiger partial charge in [0.2, 0.25) is 5.91 Å². The number of carbonyl (C=O) groups excluding carboxylic acids is 1. The number of carbonyl (C=O) groups is 1. The predicted molar refractivity (Wildman–Crippen MR) is 68.2 cm³/mol. The Labute approximate surface area is 105 Å². The van der Waals surface area contributed by atoms with Crippen LogP contribution in [0.25, 0.3) is 0 Å². The second kappa shape index (κ2) is 6.05. The number of hydrogen-bond donors (Lipinski definition) is 1. The van der Waals surface area contributed by atoms with Crippen molar-refractivity contribution in [1.82, 2.24) is 5.32 Å². The molecule has 1 saturated carbocycles. The molecule has 0 radical (unpaired) electrons. The third-order valence-electron chi connectivity index (χ3n) is 3.77. The average Bonchev–Trinajstić information content (AvgIpc) is 3.07. The van der Waals surface area contributed by atoms with Gasteiger partial charge in [0.15, 0.2) is 0 Å². The van der Waals surface area contributed by atoms with Gasteiger partial charge in [-0.3, -0.25) is 4.79 Å². The zero-order valence-electron chi connectivity index (χ0n) is 11.3. The third-order valence-corrected chi connectivity index (χ3v) is 3.77. The van der Waals surface area contributed by atoms with E-state index in [1.165, 1.54) is 0 Å². The van der Waals surface area contributed by atoms with Gasteiger partial charge >= 0.3 is 0 Å². The van der Waals surface area contributed by atoms with Gasteiger partial charge in [-0.2, -0.15) is 5.26 Å². The molecule has 0 aromatic rings. The molecule has 0 aliphatic heterocycles. The first-order chi connectivity index (χ1) is 8.13. The Bertz CT molecular complexity index is 300. The van der Waals surface area contributed by atoms with Crippen LogP contribution in [0, 0.1) is 22.7 Å². The van der Waals surface area contributed by atoms with E-state index in [1.54, 1.807) is 0 Å². The Morgan fingerprint density at radius 2 is 1.94 bits per heavy atom. The van der Waals surface area contributed by atoms with Crippen molar-refractivity contribution in [3.05, 3.63) is 0 Å². The minimum atomic E-state index is -0.787. The lowest BCUT2D eigenvalue weighted by atomic mass is 9.79. The van der Waals surface area contributed by atoms with Crippen LogP contribution in [0.3, 0.4) is 0 Å². The first-order valence-electron chi connectivity index (χ1n) is 6.85. The highest BCUT2D eigenvalue weighted by atomic mass is 16.2. The molecule has 96 valence electrons. The highest BCUT2D eigenvalue weighted by Gasteiger charge is 2.43. The number of nitriles is 1. The molecule has 0 saturated heterocycles. The van der Waals surface area contributed by atoms with Crippen LogP contribution in [0.2, 0.25) is 0 Å². The van der Waals surface area contributed by atoms with Gasteiger partial charge in [0.05, 0.1) is 6.07 Å². The molecular weight excluding hydrogens is 212 g/mol.